The second-order valence-corrected chi connectivity index (χ2v) is 8.03. The summed E-state index contributed by atoms with van der Waals surface area (Å²) in [6.07, 6.45) is 0.0155. The number of nitrogens with one attached hydrogen (secondary N) is 2. The van der Waals surface area contributed by atoms with Gasteiger partial charge in [-0.15, -0.1) is 11.3 Å². The Morgan fingerprint density at radius 3 is 2.56 bits per heavy atom. The maximum atomic E-state index is 12.3. The molecule has 1 amide bonds. The smallest absolute Gasteiger partial charge is 0.263 e. The van der Waals surface area contributed by atoms with Crippen LogP contribution in [0.25, 0.3) is 0 Å². The first-order chi connectivity index (χ1) is 13.0. The van der Waals surface area contributed by atoms with Crippen molar-refractivity contribution in [2.45, 2.75) is 11.3 Å². The van der Waals surface area contributed by atoms with Crippen molar-refractivity contribution in [3.05, 3.63) is 65.7 Å². The van der Waals surface area contributed by atoms with Crippen LogP contribution in [0, 0.1) is 0 Å². The summed E-state index contributed by atoms with van der Waals surface area (Å²) in [6, 6.07) is 15.1. The van der Waals surface area contributed by atoms with Crippen molar-refractivity contribution in [1.82, 2.24) is 4.98 Å². The number of ether oxygens (including phenoxy) is 1. The van der Waals surface area contributed by atoms with E-state index in [-0.39, 0.29) is 22.4 Å². The lowest BCUT2D eigenvalue weighted by molar-refractivity contribution is -0.115. The maximum Gasteiger partial charge on any atom is 0.263 e. The number of aromatic nitrogens is 1. The van der Waals surface area contributed by atoms with Crippen LogP contribution in [0.2, 0.25) is 0 Å². The van der Waals surface area contributed by atoms with Gasteiger partial charge in [-0.3, -0.25) is 9.52 Å². The minimum absolute atomic E-state index is 0.0155. The van der Waals surface area contributed by atoms with Crippen LogP contribution < -0.4 is 14.8 Å². The van der Waals surface area contributed by atoms with Crippen LogP contribution in [0.15, 0.2) is 64.9 Å². The first-order valence-electron chi connectivity index (χ1n) is 7.93. The van der Waals surface area contributed by atoms with Crippen LogP contribution >= 0.6 is 11.3 Å². The van der Waals surface area contributed by atoms with Gasteiger partial charge >= 0.3 is 0 Å². The molecular weight excluding hydrogens is 386 g/mol. The molecule has 0 aliphatic carbocycles. The van der Waals surface area contributed by atoms with E-state index in [9.17, 15) is 13.2 Å². The molecule has 1 heterocycles. The van der Waals surface area contributed by atoms with Gasteiger partial charge in [-0.05, 0) is 24.3 Å². The molecule has 140 valence electrons. The van der Waals surface area contributed by atoms with Gasteiger partial charge in [0, 0.05) is 5.38 Å². The van der Waals surface area contributed by atoms with E-state index < -0.39 is 10.0 Å². The summed E-state index contributed by atoms with van der Waals surface area (Å²) in [5.74, 6) is 0.280. The molecule has 2 N–H and O–H groups in total. The van der Waals surface area contributed by atoms with E-state index in [2.05, 4.69) is 15.0 Å². The summed E-state index contributed by atoms with van der Waals surface area (Å²) in [6.45, 7) is 0. The molecule has 0 atom stereocenters. The van der Waals surface area contributed by atoms with Crippen LogP contribution in [0.3, 0.4) is 0 Å². The van der Waals surface area contributed by atoms with Crippen LogP contribution in [0.5, 0.6) is 5.75 Å². The molecule has 0 saturated heterocycles. The summed E-state index contributed by atoms with van der Waals surface area (Å²) in [7, 11) is -2.18. The number of methoxy groups -OCH3 is 1. The summed E-state index contributed by atoms with van der Waals surface area (Å²) >= 11 is 1.12. The molecule has 3 aromatic rings. The second kappa shape index (κ2) is 8.19. The number of benzene rings is 2. The van der Waals surface area contributed by atoms with Crippen LogP contribution in [-0.2, 0) is 21.2 Å². The zero-order chi connectivity index (χ0) is 19.3. The molecule has 2 aromatic carbocycles. The van der Waals surface area contributed by atoms with Crippen molar-refractivity contribution < 1.29 is 17.9 Å². The van der Waals surface area contributed by atoms with Crippen molar-refractivity contribution in [3.63, 3.8) is 0 Å². The highest BCUT2D eigenvalue weighted by Gasteiger charge is 2.16. The van der Waals surface area contributed by atoms with Gasteiger partial charge in [-0.1, -0.05) is 30.3 Å². The first kappa shape index (κ1) is 18.9. The van der Waals surface area contributed by atoms with Gasteiger partial charge in [0.2, 0.25) is 5.91 Å². The summed E-state index contributed by atoms with van der Waals surface area (Å²) in [4.78, 5) is 16.6. The standard InChI is InChI=1S/C18H17N3O4S2/c1-25-16-10-6-5-9-15(16)20-17(22)11-13-12-26-18(19-13)21-27(23,24)14-7-3-2-4-8-14/h2-10,12H,11H2,1H3,(H,19,21)(H,20,22). The molecule has 0 fully saturated rings. The highest BCUT2D eigenvalue weighted by Crippen LogP contribution is 2.24. The number of carbonyl (C=O) groups excluding carboxylic acids is 1. The minimum Gasteiger partial charge on any atom is -0.495 e. The van der Waals surface area contributed by atoms with Crippen LogP contribution in [0.1, 0.15) is 5.69 Å². The second-order valence-electron chi connectivity index (χ2n) is 5.49. The zero-order valence-electron chi connectivity index (χ0n) is 14.4. The normalized spacial score (nSPS) is 11.0. The number of rotatable bonds is 7. The Morgan fingerprint density at radius 1 is 1.11 bits per heavy atom. The van der Waals surface area contributed by atoms with Gasteiger partial charge in [0.1, 0.15) is 5.75 Å². The topological polar surface area (TPSA) is 97.4 Å². The Bertz CT molecular complexity index is 1030. The molecule has 27 heavy (non-hydrogen) atoms. The number of sulfonamides is 1. The fraction of sp³-hybridized carbons (Fsp3) is 0.111. The molecule has 0 aliphatic heterocycles. The molecule has 0 bridgehead atoms. The Labute approximate surface area is 161 Å². The molecule has 7 nitrogen and oxygen atoms in total. The van der Waals surface area contributed by atoms with Gasteiger partial charge in [-0.25, -0.2) is 13.4 Å². The molecule has 0 spiro atoms. The number of amides is 1. The molecule has 0 aliphatic rings. The van der Waals surface area contributed by atoms with E-state index >= 15 is 0 Å². The third-order valence-corrected chi connectivity index (χ3v) is 5.84. The Hall–Kier alpha value is -2.91. The lowest BCUT2D eigenvalue weighted by Gasteiger charge is -2.09. The van der Waals surface area contributed by atoms with E-state index in [1.54, 1.807) is 47.8 Å². The molecule has 0 saturated carbocycles. The predicted molar refractivity (Wildman–Crippen MR) is 105 cm³/mol. The van der Waals surface area contributed by atoms with Gasteiger partial charge in [-0.2, -0.15) is 0 Å². The van der Waals surface area contributed by atoms with Crippen molar-refractivity contribution in [2.24, 2.45) is 0 Å². The minimum atomic E-state index is -3.71. The van der Waals surface area contributed by atoms with Crippen molar-refractivity contribution in [1.29, 1.82) is 0 Å². The van der Waals surface area contributed by atoms with E-state index in [4.69, 9.17) is 4.74 Å². The summed E-state index contributed by atoms with van der Waals surface area (Å²) < 4.78 is 32.2. The van der Waals surface area contributed by atoms with E-state index in [0.717, 1.165) is 11.3 Å². The molecule has 0 radical (unpaired) electrons. The highest BCUT2D eigenvalue weighted by atomic mass is 32.2. The monoisotopic (exact) mass is 403 g/mol. The van der Waals surface area contributed by atoms with Crippen molar-refractivity contribution in [3.8, 4) is 5.75 Å². The number of para-hydroxylation sites is 2. The number of nitrogens with zero attached hydrogens (tertiary/aromatic N) is 1. The van der Waals surface area contributed by atoms with E-state index in [1.165, 1.54) is 19.2 Å². The van der Waals surface area contributed by atoms with Crippen molar-refractivity contribution in [2.75, 3.05) is 17.1 Å². The quantitative estimate of drug-likeness (QED) is 0.632. The number of hydrogen-bond acceptors (Lipinski definition) is 6. The average molecular weight is 403 g/mol. The fourth-order valence-corrected chi connectivity index (χ4v) is 4.30. The molecule has 3 rings (SSSR count). The fourth-order valence-electron chi connectivity index (χ4n) is 2.32. The summed E-state index contributed by atoms with van der Waals surface area (Å²) in [5.41, 5.74) is 1.03. The van der Waals surface area contributed by atoms with Gasteiger partial charge in [0.15, 0.2) is 5.13 Å². The first-order valence-corrected chi connectivity index (χ1v) is 10.3. The van der Waals surface area contributed by atoms with E-state index in [0.29, 0.717) is 17.1 Å². The number of anilines is 2. The number of thiazole rings is 1. The molecule has 9 heteroatoms. The van der Waals surface area contributed by atoms with Crippen LogP contribution in [0.4, 0.5) is 10.8 Å². The number of carbonyl (C=O) groups is 1. The Kier molecular flexibility index (Phi) is 5.72. The molecular formula is C18H17N3O4S2. The van der Waals surface area contributed by atoms with Gasteiger partial charge < -0.3 is 10.1 Å². The predicted octanol–water partition coefficient (Wildman–Crippen LogP) is 3.13. The average Bonchev–Trinajstić information content (AvgIpc) is 3.08. The lowest BCUT2D eigenvalue weighted by atomic mass is 10.2. The largest absolute Gasteiger partial charge is 0.495 e. The lowest BCUT2D eigenvalue weighted by Crippen LogP contribution is -2.15. The third-order valence-electron chi connectivity index (χ3n) is 3.55. The third kappa shape index (κ3) is 4.83. The molecule has 1 aromatic heterocycles. The maximum absolute atomic E-state index is 12.3. The number of hydrogen-bond donors (Lipinski definition) is 2. The zero-order valence-corrected chi connectivity index (χ0v) is 16.0. The van der Waals surface area contributed by atoms with Gasteiger partial charge in [0.05, 0.1) is 29.8 Å². The van der Waals surface area contributed by atoms with E-state index in [1.807, 2.05) is 0 Å². The Balaban J connectivity index is 1.65. The molecule has 0 unspecified atom stereocenters. The van der Waals surface area contributed by atoms with Crippen molar-refractivity contribution >= 4 is 38.1 Å². The van der Waals surface area contributed by atoms with Crippen LogP contribution in [-0.4, -0.2) is 26.4 Å². The van der Waals surface area contributed by atoms with Gasteiger partial charge in [0.25, 0.3) is 10.0 Å². The summed E-state index contributed by atoms with van der Waals surface area (Å²) in [5, 5.41) is 4.61. The Morgan fingerprint density at radius 2 is 1.81 bits per heavy atom. The SMILES string of the molecule is COc1ccccc1NC(=O)Cc1csc(NS(=O)(=O)c2ccccc2)n1. The highest BCUT2D eigenvalue weighted by molar-refractivity contribution is 7.93.